The van der Waals surface area contributed by atoms with Crippen molar-refractivity contribution in [3.05, 3.63) is 29.6 Å². The maximum Gasteiger partial charge on any atom is 0.360 e. The van der Waals surface area contributed by atoms with E-state index in [-0.39, 0.29) is 5.69 Å². The second kappa shape index (κ2) is 6.29. The molecule has 0 unspecified atom stereocenters. The first kappa shape index (κ1) is 14.2. The van der Waals surface area contributed by atoms with Crippen molar-refractivity contribution in [2.24, 2.45) is 12.8 Å². The molecule has 0 aromatic carbocycles. The van der Waals surface area contributed by atoms with E-state index in [4.69, 9.17) is 10.5 Å². The minimum absolute atomic E-state index is 0.234. The molecule has 20 heavy (non-hydrogen) atoms. The third kappa shape index (κ3) is 2.85. The van der Waals surface area contributed by atoms with Crippen molar-refractivity contribution in [2.45, 2.75) is 19.4 Å². The van der Waals surface area contributed by atoms with E-state index in [9.17, 15) is 4.79 Å². The van der Waals surface area contributed by atoms with Gasteiger partial charge >= 0.3 is 5.97 Å². The highest BCUT2D eigenvalue weighted by atomic mass is 16.5. The number of carbonyl (C=O) groups is 1. The fourth-order valence-electron chi connectivity index (χ4n) is 2.00. The van der Waals surface area contributed by atoms with Crippen molar-refractivity contribution in [1.29, 1.82) is 0 Å². The number of methoxy groups -OCH3 is 1. The Labute approximate surface area is 116 Å². The molecule has 2 rings (SSSR count). The van der Waals surface area contributed by atoms with Crippen LogP contribution in [0.4, 0.5) is 0 Å². The summed E-state index contributed by atoms with van der Waals surface area (Å²) in [6.45, 7) is 1.00. The number of esters is 1. The number of nitrogens with two attached hydrogens (primary N) is 1. The van der Waals surface area contributed by atoms with Crippen LogP contribution in [0.1, 0.15) is 22.0 Å². The molecule has 0 atom stereocenters. The Morgan fingerprint density at radius 1 is 1.45 bits per heavy atom. The molecule has 0 spiro atoms. The molecular weight excluding hydrogens is 260 g/mol. The minimum Gasteiger partial charge on any atom is -0.464 e. The van der Waals surface area contributed by atoms with E-state index in [1.807, 2.05) is 17.8 Å². The van der Waals surface area contributed by atoms with E-state index in [0.29, 0.717) is 31.6 Å². The second-order valence-electron chi connectivity index (χ2n) is 4.34. The first-order chi connectivity index (χ1) is 9.67. The molecule has 2 heterocycles. The van der Waals surface area contributed by atoms with Gasteiger partial charge in [-0.1, -0.05) is 5.21 Å². The Morgan fingerprint density at radius 3 is 2.85 bits per heavy atom. The third-order valence-electron chi connectivity index (χ3n) is 3.07. The molecule has 0 amide bonds. The number of imidazole rings is 1. The zero-order valence-electron chi connectivity index (χ0n) is 11.6. The lowest BCUT2D eigenvalue weighted by molar-refractivity contribution is 0.0592. The molecule has 0 saturated heterocycles. The van der Waals surface area contributed by atoms with Crippen LogP contribution in [0.15, 0.2) is 12.4 Å². The van der Waals surface area contributed by atoms with Gasteiger partial charge in [-0.25, -0.2) is 14.5 Å². The summed E-state index contributed by atoms with van der Waals surface area (Å²) in [6.07, 6.45) is 4.86. The summed E-state index contributed by atoms with van der Waals surface area (Å²) < 4.78 is 8.33. The highest BCUT2D eigenvalue weighted by Gasteiger charge is 2.19. The van der Waals surface area contributed by atoms with E-state index in [0.717, 1.165) is 5.82 Å². The predicted octanol–water partition coefficient (Wildman–Crippen LogP) is -0.458. The van der Waals surface area contributed by atoms with Crippen LogP contribution < -0.4 is 5.73 Å². The zero-order valence-corrected chi connectivity index (χ0v) is 11.6. The maximum atomic E-state index is 11.6. The van der Waals surface area contributed by atoms with Crippen LogP contribution >= 0.6 is 0 Å². The van der Waals surface area contributed by atoms with Gasteiger partial charge in [0.2, 0.25) is 0 Å². The topological polar surface area (TPSA) is 101 Å². The molecule has 108 valence electrons. The number of hydrogen-bond acceptors (Lipinski definition) is 6. The summed E-state index contributed by atoms with van der Waals surface area (Å²) in [5.41, 5.74) is 6.51. The van der Waals surface area contributed by atoms with Gasteiger partial charge in [0.25, 0.3) is 0 Å². The number of nitrogens with zero attached hydrogens (tertiary/aromatic N) is 5. The molecular formula is C12H18N6O2. The van der Waals surface area contributed by atoms with E-state index < -0.39 is 5.97 Å². The molecule has 0 radical (unpaired) electrons. The van der Waals surface area contributed by atoms with Crippen LogP contribution in [0.3, 0.4) is 0 Å². The standard InChI is InChI=1S/C12H18N6O2/c1-17-8-6-14-10(17)4-7-18-9(3-5-13)11(15-16-18)12(19)20-2/h6,8H,3-5,7,13H2,1-2H3. The van der Waals surface area contributed by atoms with E-state index in [1.54, 1.807) is 10.9 Å². The summed E-state index contributed by atoms with van der Waals surface area (Å²) in [6, 6.07) is 0. The lowest BCUT2D eigenvalue weighted by Gasteiger charge is -2.06. The number of hydrogen-bond donors (Lipinski definition) is 1. The Hall–Kier alpha value is -2.22. The molecule has 0 aliphatic rings. The highest BCUT2D eigenvalue weighted by Crippen LogP contribution is 2.09. The van der Waals surface area contributed by atoms with Crippen molar-refractivity contribution in [1.82, 2.24) is 24.5 Å². The normalized spacial score (nSPS) is 10.8. The van der Waals surface area contributed by atoms with Crippen LogP contribution in [-0.4, -0.2) is 44.2 Å². The minimum atomic E-state index is -0.489. The van der Waals surface area contributed by atoms with Crippen molar-refractivity contribution < 1.29 is 9.53 Å². The predicted molar refractivity (Wildman–Crippen MR) is 71.0 cm³/mol. The summed E-state index contributed by atoms with van der Waals surface area (Å²) >= 11 is 0. The van der Waals surface area contributed by atoms with Crippen molar-refractivity contribution in [3.8, 4) is 0 Å². The lowest BCUT2D eigenvalue weighted by Crippen LogP contribution is -2.15. The molecule has 0 aliphatic carbocycles. The average molecular weight is 278 g/mol. The first-order valence-corrected chi connectivity index (χ1v) is 6.34. The van der Waals surface area contributed by atoms with Gasteiger partial charge in [0.15, 0.2) is 5.69 Å². The van der Waals surface area contributed by atoms with Gasteiger partial charge in [0.1, 0.15) is 5.82 Å². The lowest BCUT2D eigenvalue weighted by atomic mass is 10.2. The van der Waals surface area contributed by atoms with Crippen LogP contribution in [0.5, 0.6) is 0 Å². The van der Waals surface area contributed by atoms with Gasteiger partial charge in [-0.15, -0.1) is 5.10 Å². The van der Waals surface area contributed by atoms with Crippen LogP contribution in [0.2, 0.25) is 0 Å². The molecule has 0 aliphatic heterocycles. The van der Waals surface area contributed by atoms with Gasteiger partial charge in [0.05, 0.1) is 19.3 Å². The Morgan fingerprint density at radius 2 is 2.25 bits per heavy atom. The molecule has 2 aromatic rings. The average Bonchev–Trinajstić information content (AvgIpc) is 3.03. The molecule has 2 aromatic heterocycles. The van der Waals surface area contributed by atoms with Gasteiger partial charge < -0.3 is 15.0 Å². The van der Waals surface area contributed by atoms with Crippen LogP contribution in [0.25, 0.3) is 0 Å². The third-order valence-corrected chi connectivity index (χ3v) is 3.07. The number of carbonyl (C=O) groups excluding carboxylic acids is 1. The molecule has 8 nitrogen and oxygen atoms in total. The monoisotopic (exact) mass is 278 g/mol. The molecule has 8 heteroatoms. The zero-order chi connectivity index (χ0) is 14.5. The number of aromatic nitrogens is 5. The van der Waals surface area contributed by atoms with Crippen LogP contribution in [0, 0.1) is 0 Å². The fourth-order valence-corrected chi connectivity index (χ4v) is 2.00. The molecule has 2 N–H and O–H groups in total. The van der Waals surface area contributed by atoms with Gasteiger partial charge in [-0.05, 0) is 6.54 Å². The number of ether oxygens (including phenoxy) is 1. The Kier molecular flexibility index (Phi) is 4.46. The number of rotatable bonds is 6. The summed E-state index contributed by atoms with van der Waals surface area (Å²) in [5.74, 6) is 0.454. The summed E-state index contributed by atoms with van der Waals surface area (Å²) in [5, 5.41) is 7.89. The first-order valence-electron chi connectivity index (χ1n) is 6.34. The SMILES string of the molecule is COC(=O)c1nnn(CCc2nccn2C)c1CCN. The van der Waals surface area contributed by atoms with Gasteiger partial charge in [-0.3, -0.25) is 0 Å². The van der Waals surface area contributed by atoms with E-state index >= 15 is 0 Å². The van der Waals surface area contributed by atoms with Crippen molar-refractivity contribution >= 4 is 5.97 Å². The maximum absolute atomic E-state index is 11.6. The molecule has 0 fully saturated rings. The molecule has 0 bridgehead atoms. The highest BCUT2D eigenvalue weighted by molar-refractivity contribution is 5.88. The van der Waals surface area contributed by atoms with E-state index in [2.05, 4.69) is 15.3 Å². The van der Waals surface area contributed by atoms with Crippen LogP contribution in [-0.2, 0) is 31.2 Å². The Bertz CT molecular complexity index is 589. The summed E-state index contributed by atoms with van der Waals surface area (Å²) in [4.78, 5) is 15.9. The van der Waals surface area contributed by atoms with Crippen molar-refractivity contribution in [2.75, 3.05) is 13.7 Å². The molecule has 0 saturated carbocycles. The van der Waals surface area contributed by atoms with Gasteiger partial charge in [0, 0.05) is 32.3 Å². The largest absolute Gasteiger partial charge is 0.464 e. The fraction of sp³-hybridized carbons (Fsp3) is 0.500. The number of aryl methyl sites for hydroxylation is 3. The van der Waals surface area contributed by atoms with E-state index in [1.165, 1.54) is 7.11 Å². The quantitative estimate of drug-likeness (QED) is 0.718. The Balaban J connectivity index is 2.17. The second-order valence-corrected chi connectivity index (χ2v) is 4.34. The summed E-state index contributed by atoms with van der Waals surface area (Å²) in [7, 11) is 3.26. The van der Waals surface area contributed by atoms with Gasteiger partial charge in [-0.2, -0.15) is 0 Å². The van der Waals surface area contributed by atoms with Crippen molar-refractivity contribution in [3.63, 3.8) is 0 Å². The smallest absolute Gasteiger partial charge is 0.360 e.